The Hall–Kier alpha value is -3.72. The van der Waals surface area contributed by atoms with Gasteiger partial charge in [-0.3, -0.25) is 13.9 Å². The van der Waals surface area contributed by atoms with Crippen molar-refractivity contribution in [3.63, 3.8) is 0 Å². The van der Waals surface area contributed by atoms with Crippen molar-refractivity contribution in [2.24, 2.45) is 0 Å². The fraction of sp³-hybridized carbons (Fsp3) is 0.286. The van der Waals surface area contributed by atoms with Gasteiger partial charge >= 0.3 is 0 Å². The molecular formula is C28H32FN3O4S. The molecule has 0 spiro atoms. The van der Waals surface area contributed by atoms with Crippen molar-refractivity contribution in [3.8, 4) is 0 Å². The summed E-state index contributed by atoms with van der Waals surface area (Å²) >= 11 is 0. The standard InChI is InChI=1S/C28H32FN3O4S/c1-4-18-30-28(34)22(3)31(19-23-12-10-21(2)11-13-23)27(33)20-32(25-16-14-24(29)15-17-25)37(35,36)26-8-6-5-7-9-26/h5-17,22H,4,18-20H2,1-3H3,(H,30,34). The number of anilines is 1. The fourth-order valence-electron chi connectivity index (χ4n) is 3.72. The van der Waals surface area contributed by atoms with Gasteiger partial charge in [-0.1, -0.05) is 55.0 Å². The van der Waals surface area contributed by atoms with Crippen LogP contribution in [0.4, 0.5) is 10.1 Å². The van der Waals surface area contributed by atoms with Gasteiger partial charge in [0.25, 0.3) is 10.0 Å². The first-order valence-corrected chi connectivity index (χ1v) is 13.5. The van der Waals surface area contributed by atoms with E-state index < -0.39 is 34.3 Å². The summed E-state index contributed by atoms with van der Waals surface area (Å²) in [5, 5.41) is 2.80. The van der Waals surface area contributed by atoms with E-state index in [-0.39, 0.29) is 23.0 Å². The monoisotopic (exact) mass is 525 g/mol. The van der Waals surface area contributed by atoms with Crippen LogP contribution in [-0.4, -0.2) is 44.3 Å². The second kappa shape index (κ2) is 12.5. The summed E-state index contributed by atoms with van der Waals surface area (Å²) in [6, 6.07) is 19.3. The minimum absolute atomic E-state index is 0.00838. The van der Waals surface area contributed by atoms with Crippen LogP contribution in [0.1, 0.15) is 31.4 Å². The van der Waals surface area contributed by atoms with E-state index in [4.69, 9.17) is 0 Å². The van der Waals surface area contributed by atoms with Crippen LogP contribution in [0.25, 0.3) is 0 Å². The number of amides is 2. The van der Waals surface area contributed by atoms with E-state index in [0.717, 1.165) is 34.0 Å². The molecule has 3 rings (SSSR count). The molecule has 196 valence electrons. The van der Waals surface area contributed by atoms with Crippen molar-refractivity contribution >= 4 is 27.5 Å². The molecular weight excluding hydrogens is 493 g/mol. The first-order valence-electron chi connectivity index (χ1n) is 12.1. The molecule has 0 heterocycles. The summed E-state index contributed by atoms with van der Waals surface area (Å²) in [5.41, 5.74) is 1.98. The van der Waals surface area contributed by atoms with E-state index in [0.29, 0.717) is 6.54 Å². The molecule has 3 aromatic carbocycles. The van der Waals surface area contributed by atoms with Crippen LogP contribution < -0.4 is 9.62 Å². The summed E-state index contributed by atoms with van der Waals surface area (Å²) in [7, 11) is -4.17. The molecule has 37 heavy (non-hydrogen) atoms. The van der Waals surface area contributed by atoms with Crippen molar-refractivity contribution < 1.29 is 22.4 Å². The molecule has 0 aliphatic carbocycles. The number of nitrogens with zero attached hydrogens (tertiary/aromatic N) is 2. The predicted octanol–water partition coefficient (Wildman–Crippen LogP) is 4.27. The Morgan fingerprint density at radius 2 is 1.57 bits per heavy atom. The van der Waals surface area contributed by atoms with E-state index in [1.807, 2.05) is 38.1 Å². The van der Waals surface area contributed by atoms with E-state index in [1.54, 1.807) is 25.1 Å². The van der Waals surface area contributed by atoms with Crippen LogP contribution >= 0.6 is 0 Å². The zero-order valence-corrected chi connectivity index (χ0v) is 22.0. The van der Waals surface area contributed by atoms with Gasteiger partial charge in [0.1, 0.15) is 18.4 Å². The van der Waals surface area contributed by atoms with Gasteiger partial charge in [-0.2, -0.15) is 0 Å². The van der Waals surface area contributed by atoms with Gasteiger partial charge in [-0.25, -0.2) is 12.8 Å². The maximum Gasteiger partial charge on any atom is 0.264 e. The molecule has 0 bridgehead atoms. The van der Waals surface area contributed by atoms with E-state index in [9.17, 15) is 22.4 Å². The second-order valence-corrected chi connectivity index (χ2v) is 10.6. The van der Waals surface area contributed by atoms with Crippen LogP contribution in [0.3, 0.4) is 0 Å². The highest BCUT2D eigenvalue weighted by Gasteiger charge is 2.32. The molecule has 0 aliphatic heterocycles. The number of hydrogen-bond acceptors (Lipinski definition) is 4. The summed E-state index contributed by atoms with van der Waals surface area (Å²) in [6.07, 6.45) is 0.734. The van der Waals surface area contributed by atoms with Crippen molar-refractivity contribution in [1.82, 2.24) is 10.2 Å². The number of halogens is 1. The third kappa shape index (κ3) is 7.16. The number of benzene rings is 3. The molecule has 0 saturated heterocycles. The van der Waals surface area contributed by atoms with Crippen LogP contribution in [0.5, 0.6) is 0 Å². The third-order valence-corrected chi connectivity index (χ3v) is 7.70. The normalized spacial score (nSPS) is 12.0. The van der Waals surface area contributed by atoms with Gasteiger partial charge in [0, 0.05) is 13.1 Å². The first kappa shape index (κ1) is 27.9. The first-order chi connectivity index (χ1) is 17.6. The lowest BCUT2D eigenvalue weighted by atomic mass is 10.1. The summed E-state index contributed by atoms with van der Waals surface area (Å²) < 4.78 is 41.8. The van der Waals surface area contributed by atoms with Gasteiger partial charge in [0.15, 0.2) is 0 Å². The van der Waals surface area contributed by atoms with Crippen LogP contribution in [0.2, 0.25) is 0 Å². The molecule has 1 atom stereocenters. The topological polar surface area (TPSA) is 86.8 Å². The van der Waals surface area contributed by atoms with Crippen LogP contribution in [0.15, 0.2) is 83.8 Å². The number of carbonyl (C=O) groups is 2. The lowest BCUT2D eigenvalue weighted by molar-refractivity contribution is -0.139. The zero-order valence-electron chi connectivity index (χ0n) is 21.2. The third-order valence-electron chi connectivity index (χ3n) is 5.91. The molecule has 9 heteroatoms. The largest absolute Gasteiger partial charge is 0.354 e. The molecule has 1 N–H and O–H groups in total. The van der Waals surface area contributed by atoms with E-state index in [2.05, 4.69) is 5.32 Å². The Morgan fingerprint density at radius 1 is 0.946 bits per heavy atom. The van der Waals surface area contributed by atoms with Crippen LogP contribution in [0, 0.1) is 12.7 Å². The molecule has 0 radical (unpaired) electrons. The quantitative estimate of drug-likeness (QED) is 0.405. The molecule has 0 aliphatic rings. The number of hydrogen-bond donors (Lipinski definition) is 1. The van der Waals surface area contributed by atoms with Gasteiger partial charge in [-0.05, 0) is 62.2 Å². The Balaban J connectivity index is 1.99. The maximum absolute atomic E-state index is 13.7. The molecule has 2 amide bonds. The Morgan fingerprint density at radius 3 is 2.16 bits per heavy atom. The lowest BCUT2D eigenvalue weighted by Gasteiger charge is -2.32. The minimum Gasteiger partial charge on any atom is -0.354 e. The van der Waals surface area contributed by atoms with Crippen molar-refractivity contribution in [3.05, 3.63) is 95.8 Å². The van der Waals surface area contributed by atoms with Crippen molar-refractivity contribution in [2.75, 3.05) is 17.4 Å². The fourth-order valence-corrected chi connectivity index (χ4v) is 5.16. The number of sulfonamides is 1. The second-order valence-electron chi connectivity index (χ2n) is 8.78. The molecule has 7 nitrogen and oxygen atoms in total. The zero-order chi connectivity index (χ0) is 27.0. The number of rotatable bonds is 11. The van der Waals surface area contributed by atoms with Gasteiger partial charge in [-0.15, -0.1) is 0 Å². The molecule has 0 aromatic heterocycles. The Bertz CT molecular complexity index is 1300. The smallest absolute Gasteiger partial charge is 0.264 e. The lowest BCUT2D eigenvalue weighted by Crippen LogP contribution is -2.51. The van der Waals surface area contributed by atoms with Gasteiger partial charge in [0.05, 0.1) is 10.6 Å². The minimum atomic E-state index is -4.17. The number of aryl methyl sites for hydroxylation is 1. The highest BCUT2D eigenvalue weighted by atomic mass is 32.2. The molecule has 3 aromatic rings. The van der Waals surface area contributed by atoms with Crippen molar-refractivity contribution in [2.45, 2.75) is 44.7 Å². The van der Waals surface area contributed by atoms with E-state index in [1.165, 1.54) is 29.2 Å². The summed E-state index contributed by atoms with van der Waals surface area (Å²) in [5.74, 6) is -1.43. The van der Waals surface area contributed by atoms with Gasteiger partial charge < -0.3 is 10.2 Å². The Labute approximate surface area is 218 Å². The summed E-state index contributed by atoms with van der Waals surface area (Å²) in [6.45, 7) is 5.49. The predicted molar refractivity (Wildman–Crippen MR) is 142 cm³/mol. The Kier molecular flexibility index (Phi) is 9.41. The SMILES string of the molecule is CCCNC(=O)C(C)N(Cc1ccc(C)cc1)C(=O)CN(c1ccc(F)cc1)S(=O)(=O)c1ccccc1. The molecule has 0 fully saturated rings. The van der Waals surface area contributed by atoms with Gasteiger partial charge in [0.2, 0.25) is 11.8 Å². The summed E-state index contributed by atoms with van der Waals surface area (Å²) in [4.78, 5) is 27.9. The van der Waals surface area contributed by atoms with Crippen LogP contribution in [-0.2, 0) is 26.2 Å². The average Bonchev–Trinajstić information content (AvgIpc) is 2.90. The average molecular weight is 526 g/mol. The number of carbonyl (C=O) groups excluding carboxylic acids is 2. The maximum atomic E-state index is 13.7. The highest BCUT2D eigenvalue weighted by molar-refractivity contribution is 7.92. The molecule has 1 unspecified atom stereocenters. The number of nitrogens with one attached hydrogen (secondary N) is 1. The molecule has 0 saturated carbocycles. The van der Waals surface area contributed by atoms with E-state index >= 15 is 0 Å². The van der Waals surface area contributed by atoms with Crippen molar-refractivity contribution in [1.29, 1.82) is 0 Å². The highest BCUT2D eigenvalue weighted by Crippen LogP contribution is 2.25.